The number of carbonyl (C=O) groups excluding carboxylic acids is 1. The van der Waals surface area contributed by atoms with Crippen molar-refractivity contribution in [3.05, 3.63) is 16.3 Å². The van der Waals surface area contributed by atoms with Crippen LogP contribution in [-0.4, -0.2) is 37.1 Å². The fourth-order valence-electron chi connectivity index (χ4n) is 1.59. The average Bonchev–Trinajstić information content (AvgIpc) is 2.81. The van der Waals surface area contributed by atoms with Gasteiger partial charge in [-0.05, 0) is 23.8 Å². The number of nitrogens with two attached hydrogens (primary N) is 1. The molecular formula is C13H21ClF2N2O2S. The Bertz CT molecular complexity index is 444. The fourth-order valence-corrected chi connectivity index (χ4v) is 2.41. The highest BCUT2D eigenvalue weighted by Gasteiger charge is 2.21. The Labute approximate surface area is 133 Å². The molecule has 1 aromatic rings. The molecule has 1 rings (SSSR count). The first-order chi connectivity index (χ1) is 9.32. The predicted octanol–water partition coefficient (Wildman–Crippen LogP) is 3.22. The summed E-state index contributed by atoms with van der Waals surface area (Å²) >= 11 is 1.09. The van der Waals surface area contributed by atoms with Crippen LogP contribution in [0.5, 0.6) is 5.75 Å². The van der Waals surface area contributed by atoms with Crippen molar-refractivity contribution in [1.82, 2.24) is 4.90 Å². The Balaban J connectivity index is 0.00000400. The molecule has 8 heteroatoms. The van der Waals surface area contributed by atoms with Crippen molar-refractivity contribution >= 4 is 29.7 Å². The molecule has 1 aromatic heterocycles. The van der Waals surface area contributed by atoms with Gasteiger partial charge in [0.15, 0.2) is 0 Å². The molecule has 2 N–H and O–H groups in total. The quantitative estimate of drug-likeness (QED) is 0.827. The van der Waals surface area contributed by atoms with Gasteiger partial charge in [-0.3, -0.25) is 4.79 Å². The molecule has 1 heterocycles. The van der Waals surface area contributed by atoms with E-state index in [0.717, 1.165) is 11.3 Å². The lowest BCUT2D eigenvalue weighted by molar-refractivity contribution is -0.0499. The minimum atomic E-state index is -2.93. The summed E-state index contributed by atoms with van der Waals surface area (Å²) in [6.07, 6.45) is 0.663. The van der Waals surface area contributed by atoms with Crippen molar-refractivity contribution in [2.24, 2.45) is 11.7 Å². The van der Waals surface area contributed by atoms with Gasteiger partial charge in [-0.15, -0.1) is 23.7 Å². The van der Waals surface area contributed by atoms with Crippen LogP contribution >= 0.6 is 23.7 Å². The van der Waals surface area contributed by atoms with E-state index in [4.69, 9.17) is 5.73 Å². The lowest BCUT2D eigenvalue weighted by atomic mass is 10.0. The molecule has 0 saturated heterocycles. The normalized spacial score (nSPS) is 12.2. The third-order valence-corrected chi connectivity index (χ3v) is 3.92. The van der Waals surface area contributed by atoms with Crippen molar-refractivity contribution in [2.75, 3.05) is 13.6 Å². The van der Waals surface area contributed by atoms with E-state index >= 15 is 0 Å². The minimum Gasteiger partial charge on any atom is -0.433 e. The highest BCUT2D eigenvalue weighted by Crippen LogP contribution is 2.27. The zero-order valence-corrected chi connectivity index (χ0v) is 13.8. The summed E-state index contributed by atoms with van der Waals surface area (Å²) in [5, 5.41) is 1.55. The maximum atomic E-state index is 12.2. The summed E-state index contributed by atoms with van der Waals surface area (Å²) in [6.45, 7) is 1.57. The second kappa shape index (κ2) is 9.17. The summed E-state index contributed by atoms with van der Waals surface area (Å²) in [7, 11) is 1.63. The first-order valence-electron chi connectivity index (χ1n) is 6.36. The number of hydrogen-bond acceptors (Lipinski definition) is 4. The number of amides is 1. The van der Waals surface area contributed by atoms with Gasteiger partial charge in [-0.2, -0.15) is 8.78 Å². The molecule has 0 aromatic carbocycles. The molecule has 0 aliphatic rings. The standard InChI is InChI=1S/C13H20F2N2O2S.ClH/c1-8(2)9(16)4-6-17(3)12(18)11-10(5-7-20-11)19-13(14)15;/h5,7-9,13H,4,6,16H2,1-3H3;1H. The van der Waals surface area contributed by atoms with Crippen LogP contribution in [0, 0.1) is 5.92 Å². The van der Waals surface area contributed by atoms with Gasteiger partial charge in [0.2, 0.25) is 0 Å². The molecule has 0 aliphatic carbocycles. The second-order valence-corrected chi connectivity index (χ2v) is 5.83. The van der Waals surface area contributed by atoms with Gasteiger partial charge in [0, 0.05) is 19.6 Å². The molecular weight excluding hydrogens is 322 g/mol. The first-order valence-corrected chi connectivity index (χ1v) is 7.24. The summed E-state index contributed by atoms with van der Waals surface area (Å²) in [5.74, 6) is -0.0698. The van der Waals surface area contributed by atoms with Crippen molar-refractivity contribution in [3.8, 4) is 5.75 Å². The van der Waals surface area contributed by atoms with Crippen LogP contribution in [0.4, 0.5) is 8.78 Å². The average molecular weight is 343 g/mol. The smallest absolute Gasteiger partial charge is 0.387 e. The van der Waals surface area contributed by atoms with Crippen LogP contribution in [0.25, 0.3) is 0 Å². The Morgan fingerprint density at radius 3 is 2.62 bits per heavy atom. The van der Waals surface area contributed by atoms with Crippen molar-refractivity contribution in [3.63, 3.8) is 0 Å². The molecule has 0 fully saturated rings. The summed E-state index contributed by atoms with van der Waals surface area (Å²) < 4.78 is 28.8. The molecule has 21 heavy (non-hydrogen) atoms. The zero-order valence-electron chi connectivity index (χ0n) is 12.2. The number of rotatable bonds is 7. The number of nitrogens with zero attached hydrogens (tertiary/aromatic N) is 1. The van der Waals surface area contributed by atoms with Gasteiger partial charge in [0.1, 0.15) is 10.6 Å². The van der Waals surface area contributed by atoms with E-state index < -0.39 is 6.61 Å². The van der Waals surface area contributed by atoms with Crippen molar-refractivity contribution < 1.29 is 18.3 Å². The number of halogens is 3. The van der Waals surface area contributed by atoms with Gasteiger partial charge in [0.05, 0.1) is 0 Å². The molecule has 122 valence electrons. The molecule has 1 amide bonds. The van der Waals surface area contributed by atoms with E-state index in [1.165, 1.54) is 11.0 Å². The summed E-state index contributed by atoms with van der Waals surface area (Å²) in [6, 6.07) is 1.38. The van der Waals surface area contributed by atoms with Crippen LogP contribution in [0.3, 0.4) is 0 Å². The highest BCUT2D eigenvalue weighted by molar-refractivity contribution is 7.12. The maximum absolute atomic E-state index is 12.2. The number of carbonyl (C=O) groups is 1. The van der Waals surface area contributed by atoms with Crippen LogP contribution in [0.2, 0.25) is 0 Å². The lowest BCUT2D eigenvalue weighted by Gasteiger charge is -2.21. The van der Waals surface area contributed by atoms with Crippen molar-refractivity contribution in [1.29, 1.82) is 0 Å². The third kappa shape index (κ3) is 6.15. The van der Waals surface area contributed by atoms with Crippen LogP contribution in [-0.2, 0) is 0 Å². The molecule has 0 saturated carbocycles. The topological polar surface area (TPSA) is 55.6 Å². The highest BCUT2D eigenvalue weighted by atomic mass is 35.5. The van der Waals surface area contributed by atoms with E-state index in [1.54, 1.807) is 12.4 Å². The molecule has 0 radical (unpaired) electrons. The van der Waals surface area contributed by atoms with Gasteiger partial charge >= 0.3 is 6.61 Å². The number of ether oxygens (including phenoxy) is 1. The first kappa shape index (κ1) is 20.1. The number of alkyl halides is 2. The molecule has 0 bridgehead atoms. The molecule has 1 unspecified atom stereocenters. The van der Waals surface area contributed by atoms with Gasteiger partial charge in [0.25, 0.3) is 5.91 Å². The Morgan fingerprint density at radius 1 is 1.48 bits per heavy atom. The molecule has 1 atom stereocenters. The second-order valence-electron chi connectivity index (χ2n) is 4.92. The number of hydrogen-bond donors (Lipinski definition) is 1. The van der Waals surface area contributed by atoms with Crippen LogP contribution in [0.1, 0.15) is 29.9 Å². The summed E-state index contributed by atoms with van der Waals surface area (Å²) in [4.78, 5) is 13.8. The fraction of sp³-hybridized carbons (Fsp3) is 0.615. The largest absolute Gasteiger partial charge is 0.433 e. The molecule has 4 nitrogen and oxygen atoms in total. The van der Waals surface area contributed by atoms with E-state index in [1.807, 2.05) is 13.8 Å². The number of thiophene rings is 1. The van der Waals surface area contributed by atoms with Gasteiger partial charge in [-0.25, -0.2) is 0 Å². The molecule has 0 aliphatic heterocycles. The maximum Gasteiger partial charge on any atom is 0.387 e. The SMILES string of the molecule is CC(C)C(N)CCN(C)C(=O)c1sccc1OC(F)F.Cl. The van der Waals surface area contributed by atoms with E-state index in [-0.39, 0.29) is 35.0 Å². The zero-order chi connectivity index (χ0) is 15.3. The molecule has 0 spiro atoms. The van der Waals surface area contributed by atoms with E-state index in [9.17, 15) is 13.6 Å². The van der Waals surface area contributed by atoms with Gasteiger partial charge in [-0.1, -0.05) is 13.8 Å². The lowest BCUT2D eigenvalue weighted by Crippen LogP contribution is -2.34. The van der Waals surface area contributed by atoms with E-state index in [2.05, 4.69) is 4.74 Å². The monoisotopic (exact) mass is 342 g/mol. The minimum absolute atomic E-state index is 0. The van der Waals surface area contributed by atoms with Crippen molar-refractivity contribution in [2.45, 2.75) is 32.9 Å². The van der Waals surface area contributed by atoms with Crippen LogP contribution < -0.4 is 10.5 Å². The van der Waals surface area contributed by atoms with Gasteiger partial charge < -0.3 is 15.4 Å². The van der Waals surface area contributed by atoms with Crippen LogP contribution in [0.15, 0.2) is 11.4 Å². The Hall–Kier alpha value is -0.920. The Morgan fingerprint density at radius 2 is 2.10 bits per heavy atom. The third-order valence-electron chi connectivity index (χ3n) is 3.04. The Kier molecular flexibility index (Phi) is 8.77. The predicted molar refractivity (Wildman–Crippen MR) is 82.6 cm³/mol. The summed E-state index contributed by atoms with van der Waals surface area (Å²) in [5.41, 5.74) is 5.92. The van der Waals surface area contributed by atoms with E-state index in [0.29, 0.717) is 18.9 Å².